The molecule has 0 radical (unpaired) electrons. The molecule has 1 saturated carbocycles. The monoisotopic (exact) mass is 519 g/mol. The van der Waals surface area contributed by atoms with Crippen LogP contribution < -0.4 is 0 Å². The Labute approximate surface area is 210 Å². The summed E-state index contributed by atoms with van der Waals surface area (Å²) in [5.41, 5.74) is 2.82. The second-order valence-corrected chi connectivity index (χ2v) is 11.8. The van der Waals surface area contributed by atoms with Crippen LogP contribution >= 0.6 is 23.2 Å². The van der Waals surface area contributed by atoms with Crippen molar-refractivity contribution in [2.24, 2.45) is 0 Å². The minimum Gasteiger partial charge on any atom is -0.330 e. The molecule has 4 rings (SSSR count). The predicted molar refractivity (Wildman–Crippen MR) is 134 cm³/mol. The van der Waals surface area contributed by atoms with E-state index in [1.54, 1.807) is 33.9 Å². The molecule has 1 heterocycles. The van der Waals surface area contributed by atoms with E-state index < -0.39 is 9.84 Å². The van der Waals surface area contributed by atoms with Crippen molar-refractivity contribution < 1.29 is 13.2 Å². The molecule has 0 atom stereocenters. The summed E-state index contributed by atoms with van der Waals surface area (Å²) in [4.78, 5) is 19.4. The average Bonchev–Trinajstić information content (AvgIpc) is 3.51. The fourth-order valence-corrected chi connectivity index (χ4v) is 6.08. The first-order valence-electron chi connectivity index (χ1n) is 11.2. The molecule has 34 heavy (non-hydrogen) atoms. The van der Waals surface area contributed by atoms with E-state index in [1.807, 2.05) is 45.0 Å². The maximum atomic E-state index is 13.4. The third kappa shape index (κ3) is 5.32. The van der Waals surface area contributed by atoms with Gasteiger partial charge in [0, 0.05) is 17.1 Å². The Morgan fingerprint density at radius 3 is 2.41 bits per heavy atom. The fraction of sp³-hybridized carbons (Fsp3) is 0.360. The minimum atomic E-state index is -3.69. The van der Waals surface area contributed by atoms with Gasteiger partial charge in [-0.3, -0.25) is 4.79 Å². The van der Waals surface area contributed by atoms with Crippen LogP contribution in [0.25, 0.3) is 0 Å². The van der Waals surface area contributed by atoms with Gasteiger partial charge in [-0.05, 0) is 57.4 Å². The maximum absolute atomic E-state index is 13.4. The van der Waals surface area contributed by atoms with E-state index in [1.165, 1.54) is 0 Å². The molecule has 0 spiro atoms. The van der Waals surface area contributed by atoms with E-state index in [0.717, 1.165) is 18.4 Å². The van der Waals surface area contributed by atoms with Crippen LogP contribution in [0.4, 0.5) is 0 Å². The molecule has 0 unspecified atom stereocenters. The third-order valence-electron chi connectivity index (χ3n) is 5.85. The van der Waals surface area contributed by atoms with Crippen LogP contribution in [0, 0.1) is 6.92 Å². The Balaban J connectivity index is 1.65. The highest BCUT2D eigenvalue weighted by atomic mass is 35.5. The molecule has 180 valence electrons. The number of imidazole rings is 1. The molecule has 0 bridgehead atoms. The molecule has 6 nitrogen and oxygen atoms in total. The van der Waals surface area contributed by atoms with Crippen molar-refractivity contribution in [2.75, 3.05) is 0 Å². The highest BCUT2D eigenvalue weighted by Gasteiger charge is 2.35. The first-order chi connectivity index (χ1) is 16.1. The zero-order valence-electron chi connectivity index (χ0n) is 19.3. The predicted octanol–water partition coefficient (Wildman–Crippen LogP) is 5.86. The summed E-state index contributed by atoms with van der Waals surface area (Å²) >= 11 is 12.3. The first kappa shape index (κ1) is 24.8. The summed E-state index contributed by atoms with van der Waals surface area (Å²) in [6.45, 7) is 6.03. The van der Waals surface area contributed by atoms with E-state index in [2.05, 4.69) is 4.98 Å². The van der Waals surface area contributed by atoms with E-state index in [9.17, 15) is 13.2 Å². The number of carbonyl (C=O) groups is 1. The molecule has 1 fully saturated rings. The normalized spacial score (nSPS) is 13.9. The number of hydrogen-bond acceptors (Lipinski definition) is 4. The summed E-state index contributed by atoms with van der Waals surface area (Å²) in [6.07, 6.45) is 3.35. The third-order valence-corrected chi connectivity index (χ3v) is 7.97. The Bertz CT molecular complexity index is 1310. The zero-order chi connectivity index (χ0) is 24.6. The second kappa shape index (κ2) is 9.72. The maximum Gasteiger partial charge on any atom is 0.255 e. The molecule has 1 aliphatic carbocycles. The number of carbonyl (C=O) groups excluding carboxylic acids is 1. The lowest BCUT2D eigenvalue weighted by Gasteiger charge is -2.25. The summed E-state index contributed by atoms with van der Waals surface area (Å²) in [5.74, 6) is -0.341. The van der Waals surface area contributed by atoms with Crippen LogP contribution in [0.3, 0.4) is 0 Å². The van der Waals surface area contributed by atoms with Gasteiger partial charge in [0.1, 0.15) is 0 Å². The molecule has 1 aliphatic rings. The van der Waals surface area contributed by atoms with Crippen LogP contribution in [0.5, 0.6) is 0 Å². The number of halogens is 2. The van der Waals surface area contributed by atoms with E-state index in [0.29, 0.717) is 26.9 Å². The van der Waals surface area contributed by atoms with Gasteiger partial charge in [-0.2, -0.15) is 0 Å². The summed E-state index contributed by atoms with van der Waals surface area (Å²) < 4.78 is 28.3. The largest absolute Gasteiger partial charge is 0.330 e. The summed E-state index contributed by atoms with van der Waals surface area (Å²) in [7, 11) is -3.69. The number of nitrogens with zero attached hydrogens (tertiary/aromatic N) is 3. The van der Waals surface area contributed by atoms with Gasteiger partial charge in [-0.15, -0.1) is 0 Å². The lowest BCUT2D eigenvalue weighted by atomic mass is 10.2. The number of rotatable bonds is 8. The van der Waals surface area contributed by atoms with E-state index in [4.69, 9.17) is 23.2 Å². The molecule has 2 aromatic carbocycles. The van der Waals surface area contributed by atoms with E-state index >= 15 is 0 Å². The molecule has 0 aliphatic heterocycles. The van der Waals surface area contributed by atoms with Crippen LogP contribution in [0.15, 0.2) is 53.8 Å². The number of hydrogen-bond donors (Lipinski definition) is 0. The van der Waals surface area contributed by atoms with Crippen LogP contribution in [-0.2, 0) is 22.1 Å². The fourth-order valence-electron chi connectivity index (χ4n) is 3.99. The van der Waals surface area contributed by atoms with E-state index in [-0.39, 0.29) is 35.4 Å². The molecule has 0 saturated heterocycles. The zero-order valence-corrected chi connectivity index (χ0v) is 21.7. The second-order valence-electron chi connectivity index (χ2n) is 9.03. The van der Waals surface area contributed by atoms with Crippen molar-refractivity contribution in [1.29, 1.82) is 0 Å². The van der Waals surface area contributed by atoms with Crippen molar-refractivity contribution in [3.8, 4) is 0 Å². The number of sulfone groups is 1. The quantitative estimate of drug-likeness (QED) is 0.373. The first-order valence-corrected chi connectivity index (χ1v) is 13.6. The topological polar surface area (TPSA) is 72.3 Å². The SMILES string of the molecule is Cc1ccc(CS(=O)(=O)c2ncc(CN(C(=O)c3ccc(Cl)cc3Cl)C3CC3)n2C(C)C)cc1. The Morgan fingerprint density at radius 1 is 1.15 bits per heavy atom. The van der Waals surface area contributed by atoms with Crippen molar-refractivity contribution >= 4 is 38.9 Å². The van der Waals surface area contributed by atoms with Crippen LogP contribution in [-0.4, -0.2) is 34.8 Å². The van der Waals surface area contributed by atoms with Crippen molar-refractivity contribution in [3.05, 3.63) is 81.1 Å². The average molecular weight is 520 g/mol. The number of aromatic nitrogens is 2. The summed E-state index contributed by atoms with van der Waals surface area (Å²) in [5, 5.41) is 0.772. The molecule has 0 N–H and O–H groups in total. The van der Waals surface area contributed by atoms with Gasteiger partial charge in [0.2, 0.25) is 15.0 Å². The van der Waals surface area contributed by atoms with Gasteiger partial charge in [-0.1, -0.05) is 53.0 Å². The molecular formula is C25H27Cl2N3O3S. The van der Waals surface area contributed by atoms with Gasteiger partial charge in [0.25, 0.3) is 5.91 Å². The molecular weight excluding hydrogens is 493 g/mol. The number of benzene rings is 2. The van der Waals surface area contributed by atoms with Gasteiger partial charge in [0.15, 0.2) is 0 Å². The Kier molecular flexibility index (Phi) is 7.08. The highest BCUT2D eigenvalue weighted by molar-refractivity contribution is 7.90. The smallest absolute Gasteiger partial charge is 0.255 e. The van der Waals surface area contributed by atoms with Gasteiger partial charge >= 0.3 is 0 Å². The molecule has 1 aromatic heterocycles. The van der Waals surface area contributed by atoms with Crippen molar-refractivity contribution in [2.45, 2.75) is 63.2 Å². The Morgan fingerprint density at radius 2 is 1.82 bits per heavy atom. The van der Waals surface area contributed by atoms with Gasteiger partial charge < -0.3 is 9.47 Å². The molecule has 9 heteroatoms. The highest BCUT2D eigenvalue weighted by Crippen LogP contribution is 2.33. The minimum absolute atomic E-state index is 0.0193. The van der Waals surface area contributed by atoms with Gasteiger partial charge in [0.05, 0.1) is 34.8 Å². The Hall–Kier alpha value is -2.35. The number of amides is 1. The van der Waals surface area contributed by atoms with Gasteiger partial charge in [-0.25, -0.2) is 13.4 Å². The standard InChI is InChI=1S/C25H27Cl2N3O3S/c1-16(2)30-21(13-28-25(30)34(32,33)15-18-6-4-17(3)5-7-18)14-29(20-9-10-20)24(31)22-11-8-19(26)12-23(22)27/h4-8,11-13,16,20H,9-10,14-15H2,1-3H3. The lowest BCUT2D eigenvalue weighted by Crippen LogP contribution is -2.34. The molecule has 1 amide bonds. The van der Waals surface area contributed by atoms with Crippen LogP contribution in [0.1, 0.15) is 59.9 Å². The van der Waals surface area contributed by atoms with Crippen molar-refractivity contribution in [1.82, 2.24) is 14.5 Å². The number of aryl methyl sites for hydroxylation is 1. The van der Waals surface area contributed by atoms with Crippen LogP contribution in [0.2, 0.25) is 10.0 Å². The summed E-state index contributed by atoms with van der Waals surface area (Å²) in [6, 6.07) is 12.2. The lowest BCUT2D eigenvalue weighted by molar-refractivity contribution is 0.0725. The van der Waals surface area contributed by atoms with Crippen molar-refractivity contribution in [3.63, 3.8) is 0 Å². The molecule has 3 aromatic rings.